The van der Waals surface area contributed by atoms with Crippen molar-refractivity contribution in [2.75, 3.05) is 20.1 Å². The summed E-state index contributed by atoms with van der Waals surface area (Å²) in [6.45, 7) is 9.48. The molecule has 0 saturated heterocycles. The Morgan fingerprint density at radius 2 is 0.990 bits per heavy atom. The van der Waals surface area contributed by atoms with E-state index in [9.17, 15) is 72.9 Å². The summed E-state index contributed by atoms with van der Waals surface area (Å²) >= 11 is 0. The zero-order chi connectivity index (χ0) is 75.4. The predicted octanol–water partition coefficient (Wildman–Crippen LogP) is -2.82. The number of benzene rings is 3. The van der Waals surface area contributed by atoms with Crippen LogP contribution in [0, 0.1) is 28.6 Å². The average Bonchev–Trinajstić information content (AvgIpc) is 1.78. The van der Waals surface area contributed by atoms with Crippen molar-refractivity contribution < 1.29 is 72.9 Å². The zero-order valence-electron chi connectivity index (χ0n) is 57.8. The number of phenolic OH excluding ortho intramolecular Hbond substituents is 2. The summed E-state index contributed by atoms with van der Waals surface area (Å²) in [5.41, 5.74) is 30.2. The van der Waals surface area contributed by atoms with Crippen molar-refractivity contribution in [2.45, 2.75) is 173 Å². The van der Waals surface area contributed by atoms with Gasteiger partial charge in [0, 0.05) is 62.4 Å². The van der Waals surface area contributed by atoms with Gasteiger partial charge in [0.25, 0.3) is 0 Å². The second kappa shape index (κ2) is 40.1. The number of para-hydroxylation sites is 1. The van der Waals surface area contributed by atoms with Gasteiger partial charge in [-0.15, -0.1) is 0 Å². The van der Waals surface area contributed by atoms with Crippen molar-refractivity contribution >= 4 is 93.7 Å². The first-order valence-electron chi connectivity index (χ1n) is 33.1. The number of nitrogens with zero attached hydrogens (tertiary/aromatic N) is 1. The van der Waals surface area contributed by atoms with E-state index in [1.54, 1.807) is 63.4 Å². The van der Waals surface area contributed by atoms with Crippen molar-refractivity contribution in [3.63, 3.8) is 0 Å². The molecule has 0 aliphatic carbocycles. The molecule has 0 bridgehead atoms. The number of carbonyl (C=O) groups is 12. The van der Waals surface area contributed by atoms with Crippen molar-refractivity contribution in [3.8, 4) is 11.5 Å². The van der Waals surface area contributed by atoms with Crippen LogP contribution in [0.4, 0.5) is 0 Å². The fraction of sp³-hybridized carbons (Fsp3) is 0.493. The van der Waals surface area contributed by atoms with Crippen molar-refractivity contribution in [3.05, 3.63) is 95.7 Å². The topological polar surface area (TPSA) is 583 Å². The Balaban J connectivity index is 1.64. The number of carbonyl (C=O) groups excluding carboxylic acids is 12. The highest BCUT2D eigenvalue weighted by Crippen LogP contribution is 2.22. The summed E-state index contributed by atoms with van der Waals surface area (Å²) in [5.74, 6) is -13.9. The van der Waals surface area contributed by atoms with Crippen LogP contribution in [-0.2, 0) is 76.8 Å². The molecule has 34 heteroatoms. The van der Waals surface area contributed by atoms with Crippen LogP contribution in [0.2, 0.25) is 0 Å². The van der Waals surface area contributed by atoms with Gasteiger partial charge in [0.05, 0.1) is 12.5 Å². The molecule has 0 radical (unpaired) electrons. The van der Waals surface area contributed by atoms with E-state index in [-0.39, 0.29) is 81.9 Å². The molecule has 1 aromatic heterocycles. The molecule has 0 fully saturated rings. The van der Waals surface area contributed by atoms with Gasteiger partial charge in [-0.2, -0.15) is 0 Å². The van der Waals surface area contributed by atoms with E-state index in [1.165, 1.54) is 57.3 Å². The number of hydrogen-bond acceptors (Lipinski definition) is 17. The molecule has 101 heavy (non-hydrogen) atoms. The van der Waals surface area contributed by atoms with E-state index in [1.807, 2.05) is 0 Å². The van der Waals surface area contributed by atoms with Crippen LogP contribution in [0.25, 0.3) is 10.9 Å². The molecule has 0 saturated carbocycles. The second-order valence-electron chi connectivity index (χ2n) is 25.7. The molecule has 0 aliphatic rings. The molecule has 4 rings (SSSR count). The van der Waals surface area contributed by atoms with Gasteiger partial charge in [-0.25, -0.2) is 0 Å². The van der Waals surface area contributed by atoms with Crippen LogP contribution in [0.15, 0.2) is 79.0 Å². The Labute approximate surface area is 584 Å². The molecule has 0 spiro atoms. The van der Waals surface area contributed by atoms with E-state index >= 15 is 0 Å². The standard InChI is InChI=1S/C67H99N19O15/c1-34(2)28-48(81-57(93)36(5)29-38-16-20-41(88)21-17-38)59(95)83-50(32-53(69)91)60(96)82-49(31-40-33-77-44-13-9-8-12-43(40)44)61(97)84-54(35(3)4)63(99)85-55(37(6)87)64(100)78-45(14-10-26-75-66(71)72)58(94)79-46(24-25-52(68)90)65(101)86(7)51(15-11-27-76-67(73)74)62(98)80-47(56(70)92)30-39-18-22-42(89)23-19-39/h8-9,12-13,16-23,33-37,45-51,54-55,77,87-89H,10-11,14-15,24-32H2,1-7H3,(H2,68,90)(H2,69,91)(H2,70,92)(H,78,100)(H,79,94)(H,80,98)(H,81,93)(H,82,96)(H,83,95)(H,84,97)(H,85,99)(H4,71,72,75)(H4,73,74,76)/t36-,37+,45-,46-,47?,48-,49-,50-,51-,54-,55-/m0/s1. The molecule has 4 aromatic rings. The third-order valence-corrected chi connectivity index (χ3v) is 16.4. The van der Waals surface area contributed by atoms with Crippen LogP contribution >= 0.6 is 0 Å². The number of aromatic hydroxyl groups is 2. The second-order valence-corrected chi connectivity index (χ2v) is 25.7. The number of rotatable bonds is 42. The highest BCUT2D eigenvalue weighted by molar-refractivity contribution is 6.00. The van der Waals surface area contributed by atoms with Crippen LogP contribution in [0.1, 0.15) is 110 Å². The number of guanidine groups is 2. The maximum atomic E-state index is 14.8. The highest BCUT2D eigenvalue weighted by Gasteiger charge is 2.39. The molecular formula is C67H99N19O15. The molecule has 3 aromatic carbocycles. The number of phenols is 2. The molecule has 1 heterocycles. The number of fused-ring (bicyclic) bond motifs is 1. The van der Waals surface area contributed by atoms with E-state index in [0.717, 1.165) is 17.4 Å². The molecule has 26 N–H and O–H groups in total. The lowest BCUT2D eigenvalue weighted by Gasteiger charge is -2.33. The van der Waals surface area contributed by atoms with E-state index < -0.39 is 174 Å². The lowest BCUT2D eigenvalue weighted by atomic mass is 9.98. The van der Waals surface area contributed by atoms with Gasteiger partial charge in [0.2, 0.25) is 70.9 Å². The maximum Gasteiger partial charge on any atom is 0.245 e. The monoisotopic (exact) mass is 1410 g/mol. The minimum atomic E-state index is -1.90. The molecule has 0 aliphatic heterocycles. The summed E-state index contributed by atoms with van der Waals surface area (Å²) in [5, 5.41) is 72.3. The first-order valence-corrected chi connectivity index (χ1v) is 33.1. The Morgan fingerprint density at radius 3 is 1.53 bits per heavy atom. The number of nitrogens with one attached hydrogen (secondary N) is 13. The Morgan fingerprint density at radius 1 is 0.505 bits per heavy atom. The summed E-state index contributed by atoms with van der Waals surface area (Å²) in [6.07, 6.45) is -2.23. The highest BCUT2D eigenvalue weighted by atomic mass is 16.3. The van der Waals surface area contributed by atoms with Gasteiger partial charge in [-0.05, 0) is 111 Å². The fourth-order valence-electron chi connectivity index (χ4n) is 10.9. The molecule has 552 valence electrons. The van der Waals surface area contributed by atoms with Crippen LogP contribution < -0.4 is 81.8 Å². The van der Waals surface area contributed by atoms with Gasteiger partial charge in [0.15, 0.2) is 11.9 Å². The number of H-pyrrole nitrogens is 1. The number of aliphatic hydroxyl groups is 1. The molecule has 11 atom stereocenters. The lowest BCUT2D eigenvalue weighted by Crippen LogP contribution is -2.63. The van der Waals surface area contributed by atoms with Gasteiger partial charge in [-0.1, -0.05) is 77.1 Å². The van der Waals surface area contributed by atoms with Crippen molar-refractivity contribution in [1.82, 2.24) is 63.1 Å². The molecule has 1 unspecified atom stereocenters. The Hall–Kier alpha value is -11.1. The quantitative estimate of drug-likeness (QED) is 0.0121. The molecule has 12 amide bonds. The normalized spacial score (nSPS) is 14.4. The van der Waals surface area contributed by atoms with Gasteiger partial charge in [-0.3, -0.25) is 68.4 Å². The fourth-order valence-corrected chi connectivity index (χ4v) is 10.9. The van der Waals surface area contributed by atoms with Gasteiger partial charge in [0.1, 0.15) is 65.9 Å². The summed E-state index contributed by atoms with van der Waals surface area (Å²) in [6, 6.07) is 4.95. The van der Waals surface area contributed by atoms with Crippen molar-refractivity contribution in [1.29, 1.82) is 10.8 Å². The minimum absolute atomic E-state index is 0.00140. The van der Waals surface area contributed by atoms with E-state index in [0.29, 0.717) is 22.0 Å². The van der Waals surface area contributed by atoms with Crippen LogP contribution in [0.5, 0.6) is 11.5 Å². The zero-order valence-corrected chi connectivity index (χ0v) is 57.8. The summed E-state index contributed by atoms with van der Waals surface area (Å²) in [4.78, 5) is 171. The number of aliphatic hydroxyl groups excluding tert-OH is 1. The van der Waals surface area contributed by atoms with Gasteiger partial charge < -0.3 is 107 Å². The largest absolute Gasteiger partial charge is 0.508 e. The van der Waals surface area contributed by atoms with E-state index in [2.05, 4.69) is 58.2 Å². The third kappa shape index (κ3) is 27.6. The van der Waals surface area contributed by atoms with Crippen molar-refractivity contribution in [2.24, 2.45) is 46.4 Å². The number of primary amides is 3. The SMILES string of the molecule is CC(C)C[C@H](NC(=O)[C@@H](C)Cc1ccc(O)cc1)C(=O)N[C@@H](CC(N)=O)C(=O)N[C@@H](Cc1c[nH]c2ccccc12)C(=O)N[C@H](C(=O)N[C@H](C(=O)N[C@@H](CCCNC(=N)N)C(=O)N[C@@H](CCC(N)=O)C(=O)N(C)[C@@H](CCCNC(=N)N)C(=O)NC(Cc1ccc(O)cc1)C(N)=O)[C@@H](C)O)C(C)C. The number of aromatic nitrogens is 1. The average molecular weight is 1410 g/mol. The Bertz CT molecular complexity index is 3550. The molecule has 34 nitrogen and oxygen atoms in total. The number of likely N-dealkylation sites (N-methyl/N-ethyl adjacent to an activating group) is 1. The smallest absolute Gasteiger partial charge is 0.245 e. The Kier molecular flexibility index (Phi) is 32.7. The lowest BCUT2D eigenvalue weighted by molar-refractivity contribution is -0.143. The number of nitrogens with two attached hydrogens (primary N) is 5. The van der Waals surface area contributed by atoms with E-state index in [4.69, 9.17) is 39.5 Å². The van der Waals surface area contributed by atoms with Crippen LogP contribution in [0.3, 0.4) is 0 Å². The minimum Gasteiger partial charge on any atom is -0.508 e. The predicted molar refractivity (Wildman–Crippen MR) is 373 cm³/mol. The maximum absolute atomic E-state index is 14.8. The van der Waals surface area contributed by atoms with Gasteiger partial charge >= 0.3 is 0 Å². The van der Waals surface area contributed by atoms with Crippen LogP contribution in [-0.4, -0.2) is 189 Å². The first kappa shape index (κ1) is 82.4. The summed E-state index contributed by atoms with van der Waals surface area (Å²) in [7, 11) is 1.22. The number of amides is 12. The number of aromatic amines is 1. The molecular weight excluding hydrogens is 1310 g/mol. The summed E-state index contributed by atoms with van der Waals surface area (Å²) < 4.78 is 0. The first-order chi connectivity index (χ1) is 47.5. The third-order valence-electron chi connectivity index (χ3n) is 16.4. The number of hydrogen-bond donors (Lipinski definition) is 21.